The molecule has 0 radical (unpaired) electrons. The first-order chi connectivity index (χ1) is 20.0. The van der Waals surface area contributed by atoms with E-state index in [-0.39, 0.29) is 5.83 Å². The number of aromatic nitrogens is 3. The third-order valence-electron chi connectivity index (χ3n) is 6.50. The van der Waals surface area contributed by atoms with Crippen molar-refractivity contribution >= 4 is 22.4 Å². The molecular formula is C36H46FN5. The summed E-state index contributed by atoms with van der Waals surface area (Å²) in [5.41, 5.74) is 14.3. The summed E-state index contributed by atoms with van der Waals surface area (Å²) in [5, 5.41) is 3.33. The highest BCUT2D eigenvalue weighted by molar-refractivity contribution is 5.87. The van der Waals surface area contributed by atoms with Gasteiger partial charge in [-0.25, -0.2) is 9.37 Å². The lowest BCUT2D eigenvalue weighted by molar-refractivity contribution is 0.643. The molecule has 2 aromatic rings. The molecule has 2 heterocycles. The highest BCUT2D eigenvalue weighted by Crippen LogP contribution is 2.35. The zero-order valence-corrected chi connectivity index (χ0v) is 26.1. The van der Waals surface area contributed by atoms with Crippen molar-refractivity contribution in [1.29, 1.82) is 0 Å². The van der Waals surface area contributed by atoms with Crippen LogP contribution in [-0.2, 0) is 0 Å². The SMILES string of the molecule is C=C/C=C(/C1=C(F)C=CCC1)c1nc(C(=C)C(=C/C(=C)c2cncc(NC(=C)CC(C)C)c2)/C(N)=C\C)[nH]c1C.CC. The highest BCUT2D eigenvalue weighted by Gasteiger charge is 2.21. The Morgan fingerprint density at radius 2 is 1.93 bits per heavy atom. The van der Waals surface area contributed by atoms with Crippen LogP contribution in [0.25, 0.3) is 16.7 Å². The summed E-state index contributed by atoms with van der Waals surface area (Å²) >= 11 is 0. The Kier molecular flexibility index (Phi) is 12.9. The van der Waals surface area contributed by atoms with E-state index in [9.17, 15) is 4.39 Å². The molecule has 5 nitrogen and oxygen atoms in total. The number of imidazole rings is 1. The van der Waals surface area contributed by atoms with Crippen LogP contribution >= 0.6 is 0 Å². The van der Waals surface area contributed by atoms with E-state index in [1.165, 1.54) is 6.08 Å². The van der Waals surface area contributed by atoms with Gasteiger partial charge in [0, 0.05) is 45.6 Å². The molecule has 3 rings (SSSR count). The van der Waals surface area contributed by atoms with Gasteiger partial charge in [-0.1, -0.05) is 78.3 Å². The average Bonchev–Trinajstić information content (AvgIpc) is 3.36. The van der Waals surface area contributed by atoms with Gasteiger partial charge in [-0.2, -0.15) is 0 Å². The van der Waals surface area contributed by atoms with Gasteiger partial charge < -0.3 is 16.0 Å². The molecule has 0 spiro atoms. The normalized spacial score (nSPS) is 14.0. The summed E-state index contributed by atoms with van der Waals surface area (Å²) in [6, 6.07) is 1.98. The molecule has 0 aromatic carbocycles. The smallest absolute Gasteiger partial charge is 0.138 e. The fourth-order valence-corrected chi connectivity index (χ4v) is 4.52. The van der Waals surface area contributed by atoms with Crippen LogP contribution in [0, 0.1) is 12.8 Å². The number of nitrogens with one attached hydrogen (secondary N) is 2. The number of hydrogen-bond acceptors (Lipinski definition) is 4. The van der Waals surface area contributed by atoms with E-state index in [4.69, 9.17) is 10.7 Å². The Morgan fingerprint density at radius 1 is 1.21 bits per heavy atom. The second-order valence-corrected chi connectivity index (χ2v) is 10.2. The molecule has 6 heteroatoms. The van der Waals surface area contributed by atoms with Crippen LogP contribution in [0.1, 0.15) is 76.7 Å². The van der Waals surface area contributed by atoms with Crippen LogP contribution in [0.4, 0.5) is 10.1 Å². The van der Waals surface area contributed by atoms with Gasteiger partial charge in [-0.3, -0.25) is 4.98 Å². The Bertz CT molecular complexity index is 1470. The van der Waals surface area contributed by atoms with E-state index in [1.54, 1.807) is 24.5 Å². The average molecular weight is 568 g/mol. The first kappa shape index (κ1) is 33.8. The molecule has 0 amide bonds. The predicted octanol–water partition coefficient (Wildman–Crippen LogP) is 9.77. The van der Waals surface area contributed by atoms with Crippen molar-refractivity contribution in [3.8, 4) is 0 Å². The summed E-state index contributed by atoms with van der Waals surface area (Å²) in [4.78, 5) is 12.5. The summed E-state index contributed by atoms with van der Waals surface area (Å²) in [6.45, 7) is 28.6. The van der Waals surface area contributed by atoms with Gasteiger partial charge in [0.05, 0.1) is 17.6 Å². The van der Waals surface area contributed by atoms with Gasteiger partial charge in [0.1, 0.15) is 11.7 Å². The maximum atomic E-state index is 14.7. The lowest BCUT2D eigenvalue weighted by Gasteiger charge is -2.14. The number of anilines is 1. The number of nitrogens with two attached hydrogens (primary N) is 1. The molecule has 0 unspecified atom stereocenters. The third-order valence-corrected chi connectivity index (χ3v) is 6.50. The maximum absolute atomic E-state index is 14.7. The van der Waals surface area contributed by atoms with Crippen LogP contribution in [0.3, 0.4) is 0 Å². The maximum Gasteiger partial charge on any atom is 0.138 e. The van der Waals surface area contributed by atoms with E-state index in [2.05, 4.69) is 55.4 Å². The van der Waals surface area contributed by atoms with E-state index < -0.39 is 0 Å². The summed E-state index contributed by atoms with van der Waals surface area (Å²) in [5.74, 6) is 0.781. The predicted molar refractivity (Wildman–Crippen MR) is 180 cm³/mol. The summed E-state index contributed by atoms with van der Waals surface area (Å²) < 4.78 is 14.7. The zero-order chi connectivity index (χ0) is 31.4. The first-order valence-electron chi connectivity index (χ1n) is 14.4. The number of halogens is 1. The van der Waals surface area contributed by atoms with E-state index in [0.29, 0.717) is 57.4 Å². The van der Waals surface area contributed by atoms with E-state index in [1.807, 2.05) is 52.0 Å². The van der Waals surface area contributed by atoms with Gasteiger partial charge in [0.25, 0.3) is 0 Å². The Balaban J connectivity index is 0.00000301. The van der Waals surface area contributed by atoms with Crippen LogP contribution in [0.15, 0.2) is 110 Å². The van der Waals surface area contributed by atoms with Gasteiger partial charge in [0.2, 0.25) is 0 Å². The van der Waals surface area contributed by atoms with Crippen molar-refractivity contribution in [2.24, 2.45) is 11.7 Å². The fourth-order valence-electron chi connectivity index (χ4n) is 4.52. The molecule has 4 N–H and O–H groups in total. The van der Waals surface area contributed by atoms with Crippen molar-refractivity contribution in [3.63, 3.8) is 0 Å². The number of hydrogen-bond donors (Lipinski definition) is 3. The number of H-pyrrole nitrogens is 1. The number of pyridine rings is 1. The van der Waals surface area contributed by atoms with Gasteiger partial charge in [0.15, 0.2) is 0 Å². The lowest BCUT2D eigenvalue weighted by atomic mass is 9.93. The molecule has 2 aromatic heterocycles. The second kappa shape index (κ2) is 16.1. The van der Waals surface area contributed by atoms with E-state index >= 15 is 0 Å². The number of nitrogens with zero attached hydrogens (tertiary/aromatic N) is 2. The zero-order valence-electron chi connectivity index (χ0n) is 26.1. The van der Waals surface area contributed by atoms with E-state index in [0.717, 1.165) is 35.5 Å². The minimum Gasteiger partial charge on any atom is -0.398 e. The highest BCUT2D eigenvalue weighted by atomic mass is 19.1. The molecular weight excluding hydrogens is 521 g/mol. The molecule has 1 aliphatic carbocycles. The standard InChI is InChI=1S/C34H40FN5.C2H6/c1-9-13-29(28-14-11-12-15-31(28)35)33-25(8)39-34(40-33)24(7)30(32(36)10-2)17-22(5)26-18-27(20-37-19-26)38-23(6)16-21(3)4;1-2/h9-10,12-13,15,17-21,38H,1,5-7,11,14,16,36H2,2-4,8H3,(H,39,40);1-2H3/b29-13-,30-17-,32-10+;. The van der Waals surface area contributed by atoms with Crippen molar-refractivity contribution in [2.75, 3.05) is 5.32 Å². The Labute approximate surface area is 251 Å². The molecule has 222 valence electrons. The molecule has 42 heavy (non-hydrogen) atoms. The van der Waals surface area contributed by atoms with Crippen molar-refractivity contribution in [1.82, 2.24) is 15.0 Å². The molecule has 0 fully saturated rings. The largest absolute Gasteiger partial charge is 0.398 e. The Hall–Kier alpha value is -4.45. The minimum atomic E-state index is -0.254. The Morgan fingerprint density at radius 3 is 2.55 bits per heavy atom. The molecule has 0 aliphatic heterocycles. The van der Waals surface area contributed by atoms with Crippen LogP contribution in [0.5, 0.6) is 0 Å². The van der Waals surface area contributed by atoms with Crippen LogP contribution < -0.4 is 11.1 Å². The third kappa shape index (κ3) is 8.77. The molecule has 0 saturated heterocycles. The topological polar surface area (TPSA) is 79.6 Å². The second-order valence-electron chi connectivity index (χ2n) is 10.2. The number of rotatable bonds is 12. The summed E-state index contributed by atoms with van der Waals surface area (Å²) in [7, 11) is 0. The summed E-state index contributed by atoms with van der Waals surface area (Å²) in [6.07, 6.45) is 16.2. The number of aromatic amines is 1. The van der Waals surface area contributed by atoms with Gasteiger partial charge >= 0.3 is 0 Å². The van der Waals surface area contributed by atoms with Crippen LogP contribution in [0.2, 0.25) is 0 Å². The first-order valence-corrected chi connectivity index (χ1v) is 14.4. The monoisotopic (exact) mass is 567 g/mol. The molecule has 0 saturated carbocycles. The number of aryl methyl sites for hydroxylation is 1. The fraction of sp³-hybridized carbons (Fsp3) is 0.278. The molecule has 0 atom stereocenters. The van der Waals surface area contributed by atoms with Crippen molar-refractivity contribution in [3.05, 3.63) is 132 Å². The van der Waals surface area contributed by atoms with Crippen molar-refractivity contribution < 1.29 is 4.39 Å². The van der Waals surface area contributed by atoms with Gasteiger partial charge in [-0.15, -0.1) is 0 Å². The number of allylic oxidation sites excluding steroid dienone is 12. The van der Waals surface area contributed by atoms with Crippen molar-refractivity contribution in [2.45, 2.75) is 60.8 Å². The lowest BCUT2D eigenvalue weighted by Crippen LogP contribution is -2.05. The van der Waals surface area contributed by atoms with Gasteiger partial charge in [-0.05, 0) is 68.4 Å². The molecule has 1 aliphatic rings. The molecule has 0 bridgehead atoms. The quantitative estimate of drug-likeness (QED) is 0.223. The minimum absolute atomic E-state index is 0.254. The van der Waals surface area contributed by atoms with Crippen LogP contribution in [-0.4, -0.2) is 15.0 Å².